The molecule has 1 aliphatic carbocycles. The van der Waals surface area contributed by atoms with Gasteiger partial charge < -0.3 is 0 Å². The summed E-state index contributed by atoms with van der Waals surface area (Å²) in [6, 6.07) is 12.6. The number of carbonyl (C=O) groups excluding carboxylic acids is 1. The number of hydrogen-bond donors (Lipinski definition) is 0. The average Bonchev–Trinajstić information content (AvgIpc) is 2.46. The SMILES string of the molecule is CCc1ccc2c(c1)C(=O)c1c(CC)cccc1C2. The Morgan fingerprint density at radius 3 is 2.58 bits per heavy atom. The quantitative estimate of drug-likeness (QED) is 0.673. The van der Waals surface area contributed by atoms with E-state index in [4.69, 9.17) is 0 Å². The molecule has 1 nitrogen and oxygen atoms in total. The third-order valence-electron chi connectivity index (χ3n) is 4.05. The number of carbonyl (C=O) groups is 1. The van der Waals surface area contributed by atoms with Crippen molar-refractivity contribution in [2.45, 2.75) is 33.1 Å². The molecule has 0 bridgehead atoms. The van der Waals surface area contributed by atoms with Crippen molar-refractivity contribution in [1.29, 1.82) is 0 Å². The second kappa shape index (κ2) is 4.65. The number of aryl methyl sites for hydroxylation is 2. The monoisotopic (exact) mass is 250 g/mol. The smallest absolute Gasteiger partial charge is 0.193 e. The first kappa shape index (κ1) is 12.2. The van der Waals surface area contributed by atoms with Crippen molar-refractivity contribution in [1.82, 2.24) is 0 Å². The van der Waals surface area contributed by atoms with Gasteiger partial charge in [-0.15, -0.1) is 0 Å². The first-order valence-electron chi connectivity index (χ1n) is 7.01. The molecule has 19 heavy (non-hydrogen) atoms. The van der Waals surface area contributed by atoms with Gasteiger partial charge in [0.15, 0.2) is 5.78 Å². The summed E-state index contributed by atoms with van der Waals surface area (Å²) >= 11 is 0. The first-order valence-corrected chi connectivity index (χ1v) is 7.01. The van der Waals surface area contributed by atoms with Crippen LogP contribution in [0.3, 0.4) is 0 Å². The molecule has 0 heterocycles. The van der Waals surface area contributed by atoms with E-state index in [0.717, 1.165) is 30.4 Å². The van der Waals surface area contributed by atoms with Crippen LogP contribution in [0.25, 0.3) is 0 Å². The molecule has 1 aliphatic rings. The molecule has 3 rings (SSSR count). The fourth-order valence-electron chi connectivity index (χ4n) is 2.94. The van der Waals surface area contributed by atoms with Crippen molar-refractivity contribution >= 4 is 5.78 Å². The second-order valence-electron chi connectivity index (χ2n) is 5.16. The number of fused-ring (bicyclic) bond motifs is 2. The fourth-order valence-corrected chi connectivity index (χ4v) is 2.94. The number of benzene rings is 2. The molecule has 0 spiro atoms. The highest BCUT2D eigenvalue weighted by Crippen LogP contribution is 2.30. The predicted molar refractivity (Wildman–Crippen MR) is 77.9 cm³/mol. The van der Waals surface area contributed by atoms with Crippen molar-refractivity contribution < 1.29 is 4.79 Å². The van der Waals surface area contributed by atoms with E-state index in [1.807, 2.05) is 0 Å². The number of hydrogen-bond acceptors (Lipinski definition) is 1. The molecular formula is C18H18O. The normalized spacial score (nSPS) is 13.1. The summed E-state index contributed by atoms with van der Waals surface area (Å²) in [5.74, 6) is 0.212. The van der Waals surface area contributed by atoms with Crippen LogP contribution in [0, 0.1) is 0 Å². The Morgan fingerprint density at radius 1 is 1.00 bits per heavy atom. The lowest BCUT2D eigenvalue weighted by Gasteiger charge is -2.21. The Hall–Kier alpha value is -1.89. The van der Waals surface area contributed by atoms with Gasteiger partial charge in [-0.05, 0) is 47.6 Å². The molecule has 0 saturated heterocycles. The predicted octanol–water partition coefficient (Wildman–Crippen LogP) is 3.95. The van der Waals surface area contributed by atoms with Crippen LogP contribution in [-0.2, 0) is 19.3 Å². The van der Waals surface area contributed by atoms with Crippen molar-refractivity contribution in [3.63, 3.8) is 0 Å². The van der Waals surface area contributed by atoms with Gasteiger partial charge in [0.25, 0.3) is 0 Å². The van der Waals surface area contributed by atoms with Gasteiger partial charge >= 0.3 is 0 Å². The highest BCUT2D eigenvalue weighted by Gasteiger charge is 2.25. The summed E-state index contributed by atoms with van der Waals surface area (Å²) in [7, 11) is 0. The Morgan fingerprint density at radius 2 is 1.84 bits per heavy atom. The largest absolute Gasteiger partial charge is 0.289 e. The summed E-state index contributed by atoms with van der Waals surface area (Å²) in [5.41, 5.74) is 6.63. The minimum Gasteiger partial charge on any atom is -0.289 e. The third-order valence-corrected chi connectivity index (χ3v) is 4.05. The van der Waals surface area contributed by atoms with Gasteiger partial charge in [-0.25, -0.2) is 0 Å². The Kier molecular flexibility index (Phi) is 2.98. The van der Waals surface area contributed by atoms with E-state index in [0.29, 0.717) is 0 Å². The molecular weight excluding hydrogens is 232 g/mol. The molecule has 0 radical (unpaired) electrons. The van der Waals surface area contributed by atoms with Gasteiger partial charge in [-0.1, -0.05) is 44.2 Å². The lowest BCUT2D eigenvalue weighted by molar-refractivity contribution is 0.103. The van der Waals surface area contributed by atoms with Gasteiger partial charge in [0.1, 0.15) is 0 Å². The molecule has 96 valence electrons. The van der Waals surface area contributed by atoms with Crippen LogP contribution in [0.5, 0.6) is 0 Å². The van der Waals surface area contributed by atoms with Gasteiger partial charge in [0, 0.05) is 11.1 Å². The van der Waals surface area contributed by atoms with Gasteiger partial charge in [0.05, 0.1) is 0 Å². The molecule has 0 amide bonds. The molecule has 0 N–H and O–H groups in total. The maximum atomic E-state index is 12.8. The van der Waals surface area contributed by atoms with Gasteiger partial charge in [0.2, 0.25) is 0 Å². The van der Waals surface area contributed by atoms with Crippen molar-refractivity contribution in [2.24, 2.45) is 0 Å². The highest BCUT2D eigenvalue weighted by atomic mass is 16.1. The number of ketones is 1. The van der Waals surface area contributed by atoms with E-state index in [-0.39, 0.29) is 5.78 Å². The molecule has 0 aliphatic heterocycles. The minimum atomic E-state index is 0.212. The molecule has 0 unspecified atom stereocenters. The maximum absolute atomic E-state index is 12.8. The lowest BCUT2D eigenvalue weighted by atomic mass is 9.81. The van der Waals surface area contributed by atoms with Crippen molar-refractivity contribution in [2.75, 3.05) is 0 Å². The zero-order valence-electron chi connectivity index (χ0n) is 11.5. The molecule has 0 atom stereocenters. The van der Waals surface area contributed by atoms with E-state index >= 15 is 0 Å². The minimum absolute atomic E-state index is 0.212. The molecule has 2 aromatic rings. The lowest BCUT2D eigenvalue weighted by Crippen LogP contribution is -2.17. The van der Waals surface area contributed by atoms with Crippen molar-refractivity contribution in [3.8, 4) is 0 Å². The Bertz CT molecular complexity index is 653. The summed E-state index contributed by atoms with van der Waals surface area (Å²) in [4.78, 5) is 12.8. The Labute approximate surface area is 114 Å². The third kappa shape index (κ3) is 1.90. The zero-order valence-corrected chi connectivity index (χ0v) is 11.5. The topological polar surface area (TPSA) is 17.1 Å². The van der Waals surface area contributed by atoms with E-state index in [1.165, 1.54) is 22.3 Å². The fraction of sp³-hybridized carbons (Fsp3) is 0.278. The van der Waals surface area contributed by atoms with Crippen LogP contribution in [0.1, 0.15) is 52.0 Å². The summed E-state index contributed by atoms with van der Waals surface area (Å²) in [6.07, 6.45) is 2.77. The van der Waals surface area contributed by atoms with Crippen LogP contribution < -0.4 is 0 Å². The molecule has 1 heteroatoms. The Balaban J connectivity index is 2.18. The van der Waals surface area contributed by atoms with E-state index in [2.05, 4.69) is 50.2 Å². The van der Waals surface area contributed by atoms with Crippen LogP contribution in [0.2, 0.25) is 0 Å². The molecule has 0 fully saturated rings. The summed E-state index contributed by atoms with van der Waals surface area (Å²) < 4.78 is 0. The van der Waals surface area contributed by atoms with Crippen LogP contribution in [-0.4, -0.2) is 5.78 Å². The van der Waals surface area contributed by atoms with Gasteiger partial charge in [-0.2, -0.15) is 0 Å². The van der Waals surface area contributed by atoms with E-state index in [1.54, 1.807) is 0 Å². The molecule has 0 saturated carbocycles. The summed E-state index contributed by atoms with van der Waals surface area (Å²) in [5, 5.41) is 0. The van der Waals surface area contributed by atoms with E-state index < -0.39 is 0 Å². The molecule has 2 aromatic carbocycles. The number of rotatable bonds is 2. The first-order chi connectivity index (χ1) is 9.24. The highest BCUT2D eigenvalue weighted by molar-refractivity contribution is 6.13. The maximum Gasteiger partial charge on any atom is 0.193 e. The molecule has 0 aromatic heterocycles. The van der Waals surface area contributed by atoms with Crippen LogP contribution in [0.4, 0.5) is 0 Å². The summed E-state index contributed by atoms with van der Waals surface area (Å²) in [6.45, 7) is 4.24. The zero-order chi connectivity index (χ0) is 13.4. The van der Waals surface area contributed by atoms with Crippen LogP contribution in [0.15, 0.2) is 36.4 Å². The second-order valence-corrected chi connectivity index (χ2v) is 5.16. The van der Waals surface area contributed by atoms with Crippen LogP contribution >= 0.6 is 0 Å². The van der Waals surface area contributed by atoms with E-state index in [9.17, 15) is 4.79 Å². The van der Waals surface area contributed by atoms with Gasteiger partial charge in [-0.3, -0.25) is 4.79 Å². The average molecular weight is 250 g/mol. The standard InChI is InChI=1S/C18H18O/c1-3-12-8-9-14-11-15-7-5-6-13(4-2)17(15)18(19)16(14)10-12/h5-10H,3-4,11H2,1-2H3. The van der Waals surface area contributed by atoms with Crippen molar-refractivity contribution in [3.05, 3.63) is 69.8 Å².